The largest absolute Gasteiger partial charge is 0.493 e. The Bertz CT molecular complexity index is 1340. The summed E-state index contributed by atoms with van der Waals surface area (Å²) in [6.45, 7) is 7.80. The summed E-state index contributed by atoms with van der Waals surface area (Å²) in [6.07, 6.45) is 8.48. The third kappa shape index (κ3) is 3.93. The highest BCUT2D eigenvalue weighted by Crippen LogP contribution is 2.27. The minimum Gasteiger partial charge on any atom is -0.493 e. The lowest BCUT2D eigenvalue weighted by Crippen LogP contribution is -2.54. The first-order chi connectivity index (χ1) is 15.9. The monoisotopic (exact) mass is 446 g/mol. The Labute approximate surface area is 191 Å². The van der Waals surface area contributed by atoms with Gasteiger partial charge in [-0.2, -0.15) is 0 Å². The van der Waals surface area contributed by atoms with E-state index >= 15 is 0 Å². The molecule has 4 aromatic heterocycles. The van der Waals surface area contributed by atoms with E-state index in [2.05, 4.69) is 49.3 Å². The number of nitrogens with zero attached hydrogens (tertiary/aromatic N) is 6. The van der Waals surface area contributed by atoms with Gasteiger partial charge in [-0.1, -0.05) is 0 Å². The van der Waals surface area contributed by atoms with Crippen molar-refractivity contribution in [1.82, 2.24) is 29.7 Å². The number of ether oxygens (including phenoxy) is 1. The Hall–Kier alpha value is -3.79. The van der Waals surface area contributed by atoms with Gasteiger partial charge in [0.2, 0.25) is 0 Å². The van der Waals surface area contributed by atoms with Gasteiger partial charge in [0.1, 0.15) is 11.0 Å². The Morgan fingerprint density at radius 3 is 2.58 bits per heavy atom. The van der Waals surface area contributed by atoms with E-state index in [1.807, 2.05) is 17.5 Å². The summed E-state index contributed by atoms with van der Waals surface area (Å²) in [5, 5.41) is 6.46. The topological polar surface area (TPSA) is 110 Å². The number of aryl methyl sites for hydroxylation is 1. The van der Waals surface area contributed by atoms with Crippen molar-refractivity contribution < 1.29 is 9.53 Å². The van der Waals surface area contributed by atoms with Gasteiger partial charge in [-0.15, -0.1) is 0 Å². The highest BCUT2D eigenvalue weighted by Gasteiger charge is 2.25. The predicted octanol–water partition coefficient (Wildman–Crippen LogP) is 2.43. The van der Waals surface area contributed by atoms with Crippen LogP contribution in [0.4, 0.5) is 11.5 Å². The fraction of sp³-hybridized carbons (Fsp3) is 0.348. The van der Waals surface area contributed by atoms with Crippen LogP contribution in [0.15, 0.2) is 37.1 Å². The number of piperazine rings is 1. The molecule has 5 heterocycles. The predicted molar refractivity (Wildman–Crippen MR) is 126 cm³/mol. The molecule has 2 atom stereocenters. The summed E-state index contributed by atoms with van der Waals surface area (Å²) in [4.78, 5) is 33.6. The number of carbonyl (C=O) groups excluding carboxylic acids is 1. The summed E-state index contributed by atoms with van der Waals surface area (Å²) in [5.74, 6) is 0.993. The van der Waals surface area contributed by atoms with Crippen molar-refractivity contribution in [2.75, 3.05) is 30.4 Å². The van der Waals surface area contributed by atoms with Crippen molar-refractivity contribution in [2.45, 2.75) is 32.9 Å². The van der Waals surface area contributed by atoms with Gasteiger partial charge in [0.05, 0.1) is 24.1 Å². The van der Waals surface area contributed by atoms with Crippen molar-refractivity contribution in [3.8, 4) is 5.75 Å². The normalized spacial score (nSPS) is 18.6. The lowest BCUT2D eigenvalue weighted by Gasteiger charge is -2.37. The highest BCUT2D eigenvalue weighted by atomic mass is 16.5. The number of carbonyl (C=O) groups is 1. The molecule has 5 rings (SSSR count). The van der Waals surface area contributed by atoms with E-state index in [0.29, 0.717) is 45.8 Å². The van der Waals surface area contributed by atoms with Crippen molar-refractivity contribution >= 4 is 34.1 Å². The minimum atomic E-state index is -0.320. The molecular formula is C23H26N8O2. The molecule has 1 amide bonds. The number of fused-ring (bicyclic) bond motifs is 2. The summed E-state index contributed by atoms with van der Waals surface area (Å²) in [6, 6.07) is 2.39. The highest BCUT2D eigenvalue weighted by molar-refractivity contribution is 6.12. The molecule has 0 radical (unpaired) electrons. The summed E-state index contributed by atoms with van der Waals surface area (Å²) < 4.78 is 7.29. The van der Waals surface area contributed by atoms with Crippen molar-refractivity contribution in [1.29, 1.82) is 0 Å². The Balaban J connectivity index is 1.50. The summed E-state index contributed by atoms with van der Waals surface area (Å²) >= 11 is 0. The van der Waals surface area contributed by atoms with Gasteiger partial charge in [0.25, 0.3) is 5.91 Å². The zero-order valence-corrected chi connectivity index (χ0v) is 19.0. The van der Waals surface area contributed by atoms with Crippen LogP contribution in [0, 0.1) is 6.92 Å². The number of aromatic nitrogens is 5. The second kappa shape index (κ2) is 8.28. The smallest absolute Gasteiger partial charge is 0.259 e. The number of imidazole rings is 1. The Morgan fingerprint density at radius 1 is 1.12 bits per heavy atom. The fourth-order valence-electron chi connectivity index (χ4n) is 4.45. The number of amides is 1. The zero-order chi connectivity index (χ0) is 23.1. The molecule has 170 valence electrons. The average Bonchev–Trinajstić information content (AvgIpc) is 3.17. The second-order valence-electron chi connectivity index (χ2n) is 8.49. The molecule has 1 aliphatic rings. The molecule has 4 aromatic rings. The molecule has 0 bridgehead atoms. The molecule has 0 aromatic carbocycles. The van der Waals surface area contributed by atoms with Crippen LogP contribution in [0.25, 0.3) is 16.7 Å². The van der Waals surface area contributed by atoms with E-state index < -0.39 is 0 Å². The zero-order valence-electron chi connectivity index (χ0n) is 19.0. The molecule has 1 fully saturated rings. The van der Waals surface area contributed by atoms with Crippen LogP contribution in [0.1, 0.15) is 29.9 Å². The number of rotatable bonds is 4. The van der Waals surface area contributed by atoms with Crippen LogP contribution in [-0.4, -0.2) is 62.5 Å². The van der Waals surface area contributed by atoms with Crippen LogP contribution in [0.2, 0.25) is 0 Å². The first-order valence-electron chi connectivity index (χ1n) is 10.9. The summed E-state index contributed by atoms with van der Waals surface area (Å²) in [7, 11) is 1.58. The van der Waals surface area contributed by atoms with E-state index in [-0.39, 0.29) is 5.91 Å². The van der Waals surface area contributed by atoms with Crippen LogP contribution < -0.4 is 20.3 Å². The Kier molecular flexibility index (Phi) is 5.29. The van der Waals surface area contributed by atoms with Gasteiger partial charge < -0.3 is 24.7 Å². The second-order valence-corrected chi connectivity index (χ2v) is 8.49. The van der Waals surface area contributed by atoms with E-state index in [1.54, 1.807) is 38.0 Å². The van der Waals surface area contributed by atoms with Gasteiger partial charge in [-0.05, 0) is 20.8 Å². The molecule has 2 N–H and O–H groups in total. The van der Waals surface area contributed by atoms with Crippen LogP contribution in [-0.2, 0) is 0 Å². The molecule has 10 nitrogen and oxygen atoms in total. The molecule has 0 aliphatic carbocycles. The number of hydrogen-bond acceptors (Lipinski definition) is 8. The molecule has 10 heteroatoms. The molecule has 1 saturated heterocycles. The van der Waals surface area contributed by atoms with E-state index in [9.17, 15) is 4.79 Å². The lowest BCUT2D eigenvalue weighted by atomic mass is 10.1. The maximum Gasteiger partial charge on any atom is 0.259 e. The lowest BCUT2D eigenvalue weighted by molar-refractivity contribution is 0.102. The van der Waals surface area contributed by atoms with E-state index in [0.717, 1.165) is 24.6 Å². The molecular weight excluding hydrogens is 420 g/mol. The van der Waals surface area contributed by atoms with E-state index in [1.165, 1.54) is 0 Å². The van der Waals surface area contributed by atoms with Gasteiger partial charge in [0.15, 0.2) is 17.2 Å². The fourth-order valence-corrected chi connectivity index (χ4v) is 4.45. The van der Waals surface area contributed by atoms with Gasteiger partial charge >= 0.3 is 0 Å². The first-order valence-corrected chi connectivity index (χ1v) is 10.9. The molecule has 0 unspecified atom stereocenters. The van der Waals surface area contributed by atoms with Crippen molar-refractivity contribution in [3.05, 3.63) is 48.3 Å². The molecule has 1 aliphatic heterocycles. The third-order valence-corrected chi connectivity index (χ3v) is 5.70. The SMILES string of the molecule is COc1cc(NC(=O)c2cnc(N3C[C@@H](C)N[C@H](C)C3)c3nccnc23)cn2cc(C)nc12. The number of methoxy groups -OCH3 is 1. The number of hydrogen-bond donors (Lipinski definition) is 2. The molecule has 0 spiro atoms. The average molecular weight is 447 g/mol. The first kappa shape index (κ1) is 21.1. The minimum absolute atomic E-state index is 0.320. The standard InChI is InChI=1S/C23H26N8O2/c1-13-9-30(10-14(2)27-13)22-20-19(24-5-6-25-20)17(8-26-22)23(32)29-16-7-18(33-4)21-28-15(3)11-31(21)12-16/h5-8,11-14,27H,9-10H2,1-4H3,(H,29,32)/t13-,14-/m1/s1. The number of pyridine rings is 2. The van der Waals surface area contributed by atoms with Gasteiger partial charge in [-0.3, -0.25) is 9.78 Å². The van der Waals surface area contributed by atoms with Crippen LogP contribution in [0.5, 0.6) is 5.75 Å². The van der Waals surface area contributed by atoms with Crippen LogP contribution in [0.3, 0.4) is 0 Å². The molecule has 0 saturated carbocycles. The van der Waals surface area contributed by atoms with Crippen molar-refractivity contribution in [3.63, 3.8) is 0 Å². The molecule has 33 heavy (non-hydrogen) atoms. The Morgan fingerprint density at radius 2 is 1.85 bits per heavy atom. The summed E-state index contributed by atoms with van der Waals surface area (Å²) in [5.41, 5.74) is 3.62. The number of nitrogens with one attached hydrogen (secondary N) is 2. The van der Waals surface area contributed by atoms with E-state index in [4.69, 9.17) is 4.74 Å². The number of anilines is 2. The third-order valence-electron chi connectivity index (χ3n) is 5.70. The van der Waals surface area contributed by atoms with Crippen LogP contribution >= 0.6 is 0 Å². The van der Waals surface area contributed by atoms with Crippen molar-refractivity contribution in [2.24, 2.45) is 0 Å². The van der Waals surface area contributed by atoms with Gasteiger partial charge in [0, 0.05) is 62.2 Å². The maximum absolute atomic E-state index is 13.3. The quantitative estimate of drug-likeness (QED) is 0.492. The van der Waals surface area contributed by atoms with Gasteiger partial charge in [-0.25, -0.2) is 15.0 Å². The maximum atomic E-state index is 13.3.